The number of nitrogens with one attached hydrogen (secondary N) is 2. The summed E-state index contributed by atoms with van der Waals surface area (Å²) in [5.74, 6) is -1.93. The molecule has 0 unspecified atom stereocenters. The van der Waals surface area contributed by atoms with Gasteiger partial charge in [0.2, 0.25) is 15.9 Å². The van der Waals surface area contributed by atoms with Crippen molar-refractivity contribution in [2.24, 2.45) is 0 Å². The Bertz CT molecular complexity index is 1040. The number of carbonyl (C=O) groups is 1. The average molecular weight is 476 g/mol. The van der Waals surface area contributed by atoms with Gasteiger partial charge >= 0.3 is 6.18 Å². The van der Waals surface area contributed by atoms with E-state index in [1.54, 1.807) is 24.3 Å². The van der Waals surface area contributed by atoms with Crippen molar-refractivity contribution in [2.75, 3.05) is 33.8 Å². The van der Waals surface area contributed by atoms with Crippen molar-refractivity contribution >= 4 is 44.6 Å². The van der Waals surface area contributed by atoms with E-state index in [-0.39, 0.29) is 5.69 Å². The van der Waals surface area contributed by atoms with Gasteiger partial charge in [-0.15, -0.1) is 0 Å². The molecular formula is C20H21ClF3N3O3S. The predicted molar refractivity (Wildman–Crippen MR) is 115 cm³/mol. The van der Waals surface area contributed by atoms with Crippen LogP contribution in [0, 0.1) is 0 Å². The lowest BCUT2D eigenvalue weighted by Gasteiger charge is -2.28. The molecule has 2 aromatic carbocycles. The molecule has 1 heterocycles. The fourth-order valence-electron chi connectivity index (χ4n) is 3.30. The fraction of sp³-hybridized carbons (Fsp3) is 0.350. The Morgan fingerprint density at radius 1 is 1.00 bits per heavy atom. The summed E-state index contributed by atoms with van der Waals surface area (Å²) in [5, 5.41) is 1.63. The Hall–Kier alpha value is -2.46. The van der Waals surface area contributed by atoms with Crippen LogP contribution in [-0.2, 0) is 21.0 Å². The second-order valence-electron chi connectivity index (χ2n) is 7.20. The number of hydrogen-bond donors (Lipinski definition) is 2. The molecule has 0 aliphatic carbocycles. The molecule has 1 aliphatic rings. The van der Waals surface area contributed by atoms with Crippen molar-refractivity contribution in [2.45, 2.75) is 25.4 Å². The molecule has 2 N–H and O–H groups in total. The highest BCUT2D eigenvalue weighted by atomic mass is 35.5. The Labute approximate surface area is 183 Å². The summed E-state index contributed by atoms with van der Waals surface area (Å²) in [4.78, 5) is 14.3. The standard InChI is InChI=1S/C20H21ClF3N3O3S/c21-18-9-6-15(12-17(18)20(22,23)24)25-19(28)13-31(29,30)26-14-4-7-16(8-5-14)27-10-2-1-3-11-27/h4-9,12,26H,1-3,10-11,13H2,(H,25,28). The highest BCUT2D eigenvalue weighted by Gasteiger charge is 2.33. The van der Waals surface area contributed by atoms with Gasteiger partial charge in [0.1, 0.15) is 5.75 Å². The molecule has 31 heavy (non-hydrogen) atoms. The Morgan fingerprint density at radius 2 is 1.61 bits per heavy atom. The van der Waals surface area contributed by atoms with E-state index >= 15 is 0 Å². The number of alkyl halides is 3. The van der Waals surface area contributed by atoms with E-state index in [0.717, 1.165) is 43.8 Å². The largest absolute Gasteiger partial charge is 0.417 e. The van der Waals surface area contributed by atoms with Gasteiger partial charge in [0.25, 0.3) is 0 Å². The van der Waals surface area contributed by atoms with Crippen LogP contribution in [0.25, 0.3) is 0 Å². The summed E-state index contributed by atoms with van der Waals surface area (Å²) < 4.78 is 65.6. The SMILES string of the molecule is O=C(CS(=O)(=O)Nc1ccc(N2CCCCC2)cc1)Nc1ccc(Cl)c(C(F)(F)F)c1. The van der Waals surface area contributed by atoms with Crippen LogP contribution in [-0.4, -0.2) is 33.2 Å². The third-order valence-electron chi connectivity index (χ3n) is 4.74. The number of hydrogen-bond acceptors (Lipinski definition) is 4. The summed E-state index contributed by atoms with van der Waals surface area (Å²) in [7, 11) is -4.06. The molecule has 1 amide bonds. The molecule has 2 aromatic rings. The Balaban J connectivity index is 1.61. The van der Waals surface area contributed by atoms with Crippen LogP contribution in [0.4, 0.5) is 30.2 Å². The molecule has 0 aromatic heterocycles. The van der Waals surface area contributed by atoms with Crippen molar-refractivity contribution < 1.29 is 26.4 Å². The quantitative estimate of drug-likeness (QED) is 0.633. The zero-order valence-electron chi connectivity index (χ0n) is 16.4. The van der Waals surface area contributed by atoms with Crippen LogP contribution in [0.5, 0.6) is 0 Å². The van der Waals surface area contributed by atoms with Crippen molar-refractivity contribution in [1.29, 1.82) is 0 Å². The molecule has 0 bridgehead atoms. The van der Waals surface area contributed by atoms with Gasteiger partial charge in [0.05, 0.1) is 10.6 Å². The molecule has 168 valence electrons. The maximum Gasteiger partial charge on any atom is 0.417 e. The first-order valence-electron chi connectivity index (χ1n) is 9.56. The number of halogens is 4. The predicted octanol–water partition coefficient (Wildman–Crippen LogP) is 4.73. The lowest BCUT2D eigenvalue weighted by Crippen LogP contribution is -2.29. The van der Waals surface area contributed by atoms with Crippen molar-refractivity contribution in [1.82, 2.24) is 0 Å². The van der Waals surface area contributed by atoms with Crippen LogP contribution in [0.1, 0.15) is 24.8 Å². The van der Waals surface area contributed by atoms with Crippen LogP contribution in [0.3, 0.4) is 0 Å². The van der Waals surface area contributed by atoms with Crippen molar-refractivity contribution in [3.63, 3.8) is 0 Å². The van der Waals surface area contributed by atoms with Gasteiger partial charge in [-0.3, -0.25) is 9.52 Å². The second kappa shape index (κ2) is 9.35. The third-order valence-corrected chi connectivity index (χ3v) is 6.26. The van der Waals surface area contributed by atoms with Gasteiger partial charge in [-0.2, -0.15) is 13.2 Å². The number of piperidine rings is 1. The maximum atomic E-state index is 12.9. The molecule has 1 fully saturated rings. The number of rotatable bonds is 6. The van der Waals surface area contributed by atoms with Crippen LogP contribution >= 0.6 is 11.6 Å². The van der Waals surface area contributed by atoms with Gasteiger partial charge in [-0.05, 0) is 61.7 Å². The Morgan fingerprint density at radius 3 is 2.23 bits per heavy atom. The van der Waals surface area contributed by atoms with Gasteiger partial charge < -0.3 is 10.2 Å². The lowest BCUT2D eigenvalue weighted by atomic mass is 10.1. The van der Waals surface area contributed by atoms with E-state index < -0.39 is 38.4 Å². The number of amides is 1. The van der Waals surface area contributed by atoms with E-state index in [9.17, 15) is 26.4 Å². The molecule has 11 heteroatoms. The van der Waals surface area contributed by atoms with Gasteiger partial charge in [0, 0.05) is 30.2 Å². The van der Waals surface area contributed by atoms with E-state index in [1.165, 1.54) is 6.42 Å². The lowest BCUT2D eigenvalue weighted by molar-refractivity contribution is -0.137. The number of sulfonamides is 1. The molecule has 1 aliphatic heterocycles. The first kappa shape index (κ1) is 23.2. The number of benzene rings is 2. The van der Waals surface area contributed by atoms with Crippen molar-refractivity contribution in [3.05, 3.63) is 53.1 Å². The number of nitrogens with zero attached hydrogens (tertiary/aromatic N) is 1. The average Bonchev–Trinajstić information content (AvgIpc) is 2.69. The van der Waals surface area contributed by atoms with E-state index in [4.69, 9.17) is 11.6 Å². The smallest absolute Gasteiger partial charge is 0.372 e. The van der Waals surface area contributed by atoms with Crippen LogP contribution in [0.2, 0.25) is 5.02 Å². The summed E-state index contributed by atoms with van der Waals surface area (Å²) >= 11 is 5.53. The van der Waals surface area contributed by atoms with Gasteiger partial charge in [0.15, 0.2) is 0 Å². The third kappa shape index (κ3) is 6.51. The number of carbonyl (C=O) groups excluding carboxylic acids is 1. The monoisotopic (exact) mass is 475 g/mol. The van der Waals surface area contributed by atoms with E-state index in [2.05, 4.69) is 14.9 Å². The first-order valence-corrected chi connectivity index (χ1v) is 11.6. The first-order chi connectivity index (χ1) is 14.5. The summed E-state index contributed by atoms with van der Waals surface area (Å²) in [6.45, 7) is 1.90. The maximum absolute atomic E-state index is 12.9. The van der Waals surface area contributed by atoms with Gasteiger partial charge in [-0.1, -0.05) is 11.6 Å². The molecule has 1 saturated heterocycles. The van der Waals surface area contributed by atoms with Crippen LogP contribution < -0.4 is 14.9 Å². The molecular weight excluding hydrogens is 455 g/mol. The highest BCUT2D eigenvalue weighted by molar-refractivity contribution is 7.93. The molecule has 0 radical (unpaired) electrons. The molecule has 0 spiro atoms. The van der Waals surface area contributed by atoms with Crippen LogP contribution in [0.15, 0.2) is 42.5 Å². The van der Waals surface area contributed by atoms with Crippen molar-refractivity contribution in [3.8, 4) is 0 Å². The summed E-state index contributed by atoms with van der Waals surface area (Å²) in [6, 6.07) is 9.61. The zero-order chi connectivity index (χ0) is 22.6. The topological polar surface area (TPSA) is 78.5 Å². The minimum Gasteiger partial charge on any atom is -0.372 e. The molecule has 3 rings (SSSR count). The second-order valence-corrected chi connectivity index (χ2v) is 9.33. The van der Waals surface area contributed by atoms with E-state index in [1.807, 2.05) is 0 Å². The van der Waals surface area contributed by atoms with E-state index in [0.29, 0.717) is 11.8 Å². The molecule has 0 saturated carbocycles. The zero-order valence-corrected chi connectivity index (χ0v) is 17.9. The minimum absolute atomic E-state index is 0.206. The van der Waals surface area contributed by atoms with Gasteiger partial charge in [-0.25, -0.2) is 8.42 Å². The Kier molecular flexibility index (Phi) is 7.00. The molecule has 6 nitrogen and oxygen atoms in total. The summed E-state index contributed by atoms with van der Waals surface area (Å²) in [6.07, 6.45) is -1.28. The normalized spacial score (nSPS) is 14.9. The fourth-order valence-corrected chi connectivity index (χ4v) is 4.51. The summed E-state index contributed by atoms with van der Waals surface area (Å²) in [5.41, 5.74) is -0.0486. The minimum atomic E-state index is -4.70. The molecule has 0 atom stereocenters. The highest BCUT2D eigenvalue weighted by Crippen LogP contribution is 2.36. The number of anilines is 3.